The second-order valence-corrected chi connectivity index (χ2v) is 4.99. The Morgan fingerprint density at radius 1 is 1.53 bits per heavy atom. The van der Waals surface area contributed by atoms with Gasteiger partial charge < -0.3 is 9.63 Å². The van der Waals surface area contributed by atoms with Crippen molar-refractivity contribution < 1.29 is 9.63 Å². The molecule has 0 saturated carbocycles. The first kappa shape index (κ1) is 15.7. The third-order valence-electron chi connectivity index (χ3n) is 2.93. The van der Waals surface area contributed by atoms with E-state index >= 15 is 0 Å². The van der Waals surface area contributed by atoms with E-state index < -0.39 is 0 Å². The molecule has 3 nitrogen and oxygen atoms in total. The summed E-state index contributed by atoms with van der Waals surface area (Å²) in [5.74, 6) is 0.838. The highest BCUT2D eigenvalue weighted by Gasteiger charge is 2.22. The summed E-state index contributed by atoms with van der Waals surface area (Å²) in [5.41, 5.74) is 2.91. The third-order valence-corrected chi connectivity index (χ3v) is 3.34. The first-order valence-corrected chi connectivity index (χ1v) is 6.60. The van der Waals surface area contributed by atoms with E-state index in [1.54, 1.807) is 12.2 Å². The smallest absolute Gasteiger partial charge is 0.145 e. The van der Waals surface area contributed by atoms with Gasteiger partial charge in [0.25, 0.3) is 0 Å². The monoisotopic (exact) mass is 281 g/mol. The van der Waals surface area contributed by atoms with Crippen LogP contribution in [0.4, 0.5) is 0 Å². The maximum atomic E-state index is 9.58. The lowest BCUT2D eigenvalue weighted by Crippen LogP contribution is -1.98. The Hall–Kier alpha value is -1.32. The average molecular weight is 282 g/mol. The lowest BCUT2D eigenvalue weighted by molar-refractivity contribution is 0.275. The van der Waals surface area contributed by atoms with Crippen LogP contribution >= 0.6 is 11.6 Å². The molecule has 4 heteroatoms. The minimum atomic E-state index is -0.131. The fraction of sp³-hybridized carbons (Fsp3) is 0.400. The van der Waals surface area contributed by atoms with Crippen molar-refractivity contribution in [1.29, 1.82) is 0 Å². The molecule has 0 spiro atoms. The highest BCUT2D eigenvalue weighted by molar-refractivity contribution is 6.37. The summed E-state index contributed by atoms with van der Waals surface area (Å²) < 4.78 is 5.35. The van der Waals surface area contributed by atoms with Gasteiger partial charge in [0.05, 0.1) is 6.61 Å². The maximum Gasteiger partial charge on any atom is 0.145 e. The van der Waals surface area contributed by atoms with Crippen LogP contribution in [0.5, 0.6) is 0 Å². The van der Waals surface area contributed by atoms with Gasteiger partial charge in [-0.1, -0.05) is 49.3 Å². The van der Waals surface area contributed by atoms with Crippen molar-refractivity contribution in [3.63, 3.8) is 0 Å². The molecule has 1 rings (SSSR count). The van der Waals surface area contributed by atoms with Crippen LogP contribution in [0.15, 0.2) is 33.9 Å². The molecule has 0 aromatic carbocycles. The minimum absolute atomic E-state index is 0.131. The van der Waals surface area contributed by atoms with Crippen LogP contribution in [0.2, 0.25) is 0 Å². The highest BCUT2D eigenvalue weighted by atomic mass is 35.5. The molecule has 0 aliphatic heterocycles. The predicted octanol–water partition coefficient (Wildman–Crippen LogP) is 4.39. The first-order chi connectivity index (χ1) is 8.97. The number of hydrogen-bond acceptors (Lipinski definition) is 3. The van der Waals surface area contributed by atoms with Gasteiger partial charge in [-0.15, -0.1) is 0 Å². The van der Waals surface area contributed by atoms with Crippen LogP contribution in [0.1, 0.15) is 50.6 Å². The molecular formula is C15H20ClNO2. The Morgan fingerprint density at radius 3 is 2.58 bits per heavy atom. The summed E-state index contributed by atoms with van der Waals surface area (Å²) in [6, 6.07) is 0. The van der Waals surface area contributed by atoms with Crippen molar-refractivity contribution in [2.45, 2.75) is 40.2 Å². The number of aliphatic hydroxyl groups excluding tert-OH is 1. The normalized spacial score (nSPS) is 13.7. The number of hydrogen-bond donors (Lipinski definition) is 1. The van der Waals surface area contributed by atoms with E-state index in [-0.39, 0.29) is 12.5 Å². The molecule has 0 fully saturated rings. The van der Waals surface area contributed by atoms with Crippen molar-refractivity contribution in [3.05, 3.63) is 46.4 Å². The SMILES string of the molecule is C=C/C(C)=C(\C(Cl)=C/C)c1noc(C(C)C)c1CO. The Labute approximate surface area is 119 Å². The van der Waals surface area contributed by atoms with Crippen molar-refractivity contribution in [2.75, 3.05) is 0 Å². The van der Waals surface area contributed by atoms with Gasteiger partial charge in [0.15, 0.2) is 0 Å². The quantitative estimate of drug-likeness (QED) is 0.814. The summed E-state index contributed by atoms with van der Waals surface area (Å²) in [4.78, 5) is 0. The molecule has 0 bridgehead atoms. The molecule has 0 saturated heterocycles. The third kappa shape index (κ3) is 3.17. The second kappa shape index (κ2) is 6.73. The van der Waals surface area contributed by atoms with Crippen LogP contribution in [0, 0.1) is 0 Å². The topological polar surface area (TPSA) is 46.3 Å². The molecule has 1 heterocycles. The van der Waals surface area contributed by atoms with E-state index in [1.165, 1.54) is 0 Å². The molecule has 0 unspecified atom stereocenters. The molecule has 1 aromatic heterocycles. The van der Waals surface area contributed by atoms with Crippen molar-refractivity contribution in [2.24, 2.45) is 0 Å². The zero-order valence-corrected chi connectivity index (χ0v) is 12.6. The molecule has 0 radical (unpaired) electrons. The van der Waals surface area contributed by atoms with E-state index in [1.807, 2.05) is 27.7 Å². The van der Waals surface area contributed by atoms with Crippen LogP contribution < -0.4 is 0 Å². The van der Waals surface area contributed by atoms with Crippen LogP contribution in [-0.2, 0) is 6.61 Å². The number of aromatic nitrogens is 1. The Balaban J connectivity index is 3.54. The molecule has 104 valence electrons. The van der Waals surface area contributed by atoms with Gasteiger partial charge in [0.2, 0.25) is 0 Å². The van der Waals surface area contributed by atoms with Gasteiger partial charge in [0.1, 0.15) is 11.5 Å². The number of allylic oxidation sites excluding steroid dienone is 5. The zero-order chi connectivity index (χ0) is 14.6. The molecular weight excluding hydrogens is 262 g/mol. The van der Waals surface area contributed by atoms with E-state index in [9.17, 15) is 5.11 Å². The molecule has 1 N–H and O–H groups in total. The lowest BCUT2D eigenvalue weighted by Gasteiger charge is -2.08. The number of nitrogens with zero attached hydrogens (tertiary/aromatic N) is 1. The summed E-state index contributed by atoms with van der Waals surface area (Å²) in [6.45, 7) is 11.4. The van der Waals surface area contributed by atoms with E-state index in [0.29, 0.717) is 22.0 Å². The standard InChI is InChI=1S/C15H20ClNO2/c1-6-10(5)13(12(16)7-2)14-11(8-18)15(9(3)4)19-17-14/h6-7,9,18H,1,8H2,2-5H3/b12-7+,13-10+. The van der Waals surface area contributed by atoms with Crippen molar-refractivity contribution >= 4 is 17.2 Å². The van der Waals surface area contributed by atoms with Gasteiger partial charge in [-0.25, -0.2) is 0 Å². The van der Waals surface area contributed by atoms with E-state index in [4.69, 9.17) is 16.1 Å². The van der Waals surface area contributed by atoms with Gasteiger partial charge >= 0.3 is 0 Å². The fourth-order valence-electron chi connectivity index (χ4n) is 1.86. The zero-order valence-electron chi connectivity index (χ0n) is 11.8. The number of rotatable bonds is 5. The van der Waals surface area contributed by atoms with Gasteiger partial charge in [-0.05, 0) is 19.4 Å². The molecule has 1 aromatic rings. The van der Waals surface area contributed by atoms with Crippen molar-refractivity contribution in [3.8, 4) is 0 Å². The lowest BCUT2D eigenvalue weighted by atomic mass is 9.98. The summed E-state index contributed by atoms with van der Waals surface area (Å²) in [5, 5.41) is 14.2. The highest BCUT2D eigenvalue weighted by Crippen LogP contribution is 2.34. The summed E-state index contributed by atoms with van der Waals surface area (Å²) in [6.07, 6.45) is 3.50. The Kier molecular flexibility index (Phi) is 5.58. The molecule has 0 atom stereocenters. The molecule has 0 amide bonds. The number of halogens is 1. The fourth-order valence-corrected chi connectivity index (χ4v) is 2.10. The molecule has 0 aliphatic rings. The van der Waals surface area contributed by atoms with Crippen molar-refractivity contribution in [1.82, 2.24) is 5.16 Å². The largest absolute Gasteiger partial charge is 0.391 e. The minimum Gasteiger partial charge on any atom is -0.391 e. The molecule has 0 aliphatic carbocycles. The predicted molar refractivity (Wildman–Crippen MR) is 78.9 cm³/mol. The van der Waals surface area contributed by atoms with Crippen LogP contribution in [0.25, 0.3) is 5.57 Å². The van der Waals surface area contributed by atoms with Crippen LogP contribution in [0.3, 0.4) is 0 Å². The summed E-state index contributed by atoms with van der Waals surface area (Å²) >= 11 is 6.25. The van der Waals surface area contributed by atoms with E-state index in [2.05, 4.69) is 11.7 Å². The van der Waals surface area contributed by atoms with Gasteiger partial charge in [-0.3, -0.25) is 0 Å². The Morgan fingerprint density at radius 2 is 2.16 bits per heavy atom. The number of aliphatic hydroxyl groups is 1. The van der Waals surface area contributed by atoms with Crippen LogP contribution in [-0.4, -0.2) is 10.3 Å². The molecule has 19 heavy (non-hydrogen) atoms. The van der Waals surface area contributed by atoms with Gasteiger partial charge in [-0.2, -0.15) is 0 Å². The first-order valence-electron chi connectivity index (χ1n) is 6.23. The Bertz CT molecular complexity index is 524. The summed E-state index contributed by atoms with van der Waals surface area (Å²) in [7, 11) is 0. The van der Waals surface area contributed by atoms with Gasteiger partial charge in [0, 0.05) is 22.1 Å². The average Bonchev–Trinajstić information content (AvgIpc) is 2.82. The maximum absolute atomic E-state index is 9.58. The van der Waals surface area contributed by atoms with E-state index in [0.717, 1.165) is 11.1 Å². The second-order valence-electron chi connectivity index (χ2n) is 4.59.